The van der Waals surface area contributed by atoms with Crippen molar-refractivity contribution in [2.24, 2.45) is 0 Å². The number of carbonyl (C=O) groups is 1. The van der Waals surface area contributed by atoms with Crippen LogP contribution in [0.1, 0.15) is 25.7 Å². The summed E-state index contributed by atoms with van der Waals surface area (Å²) in [4.78, 5) is 10.7. The van der Waals surface area contributed by atoms with Crippen LogP contribution in [0.4, 0.5) is 0 Å². The Hall–Kier alpha value is -0.610. The van der Waals surface area contributed by atoms with Crippen molar-refractivity contribution in [3.8, 4) is 0 Å². The van der Waals surface area contributed by atoms with Crippen LogP contribution in [0.2, 0.25) is 0 Å². The van der Waals surface area contributed by atoms with E-state index in [2.05, 4.69) is 4.74 Å². The van der Waals surface area contributed by atoms with Gasteiger partial charge in [-0.05, 0) is 19.3 Å². The molecular weight excluding hydrogens is 184 g/mol. The van der Waals surface area contributed by atoms with Crippen LogP contribution in [-0.2, 0) is 19.0 Å². The van der Waals surface area contributed by atoms with Crippen LogP contribution in [-0.4, -0.2) is 39.0 Å². The van der Waals surface area contributed by atoms with Gasteiger partial charge in [0, 0.05) is 19.6 Å². The predicted octanol–water partition coefficient (Wildman–Crippen LogP) is 1.14. The summed E-state index contributed by atoms with van der Waals surface area (Å²) < 4.78 is 15.3. The maximum absolute atomic E-state index is 10.7. The molecule has 1 heterocycles. The van der Waals surface area contributed by atoms with E-state index in [9.17, 15) is 4.79 Å². The Labute approximate surface area is 84.5 Å². The topological polar surface area (TPSA) is 44.8 Å². The second-order valence-corrected chi connectivity index (χ2v) is 3.39. The van der Waals surface area contributed by atoms with Gasteiger partial charge in [-0.15, -0.1) is 0 Å². The van der Waals surface area contributed by atoms with Crippen molar-refractivity contribution in [3.63, 3.8) is 0 Å². The molecule has 1 unspecified atom stereocenters. The molecule has 0 N–H and O–H groups in total. The van der Waals surface area contributed by atoms with E-state index in [-0.39, 0.29) is 12.1 Å². The maximum atomic E-state index is 10.7. The normalized spacial score (nSPS) is 21.1. The van der Waals surface area contributed by atoms with Crippen molar-refractivity contribution in [1.82, 2.24) is 0 Å². The molecule has 1 rings (SSSR count). The lowest BCUT2D eigenvalue weighted by molar-refractivity contribution is -0.141. The third kappa shape index (κ3) is 4.58. The molecule has 0 saturated carbocycles. The summed E-state index contributed by atoms with van der Waals surface area (Å²) in [6, 6.07) is 0. The maximum Gasteiger partial charge on any atom is 0.305 e. The summed E-state index contributed by atoms with van der Waals surface area (Å²) >= 11 is 0. The summed E-state index contributed by atoms with van der Waals surface area (Å²) in [5.74, 6) is -0.175. The van der Waals surface area contributed by atoms with Crippen LogP contribution in [0.3, 0.4) is 0 Å². The van der Waals surface area contributed by atoms with Gasteiger partial charge in [-0.2, -0.15) is 0 Å². The van der Waals surface area contributed by atoms with Crippen LogP contribution >= 0.6 is 0 Å². The zero-order chi connectivity index (χ0) is 10.2. The van der Waals surface area contributed by atoms with Crippen molar-refractivity contribution in [2.45, 2.75) is 31.8 Å². The molecule has 0 bridgehead atoms. The fourth-order valence-electron chi connectivity index (χ4n) is 1.41. The second kappa shape index (κ2) is 6.79. The third-order valence-corrected chi connectivity index (χ3v) is 2.22. The Bertz CT molecular complexity index is 164. The number of ether oxygens (including phenoxy) is 3. The summed E-state index contributed by atoms with van der Waals surface area (Å²) in [7, 11) is 1.40. The van der Waals surface area contributed by atoms with Gasteiger partial charge in [0.1, 0.15) is 0 Å². The zero-order valence-electron chi connectivity index (χ0n) is 8.66. The number of esters is 1. The molecule has 0 spiro atoms. The van der Waals surface area contributed by atoms with Gasteiger partial charge in [0.25, 0.3) is 0 Å². The quantitative estimate of drug-likeness (QED) is 0.478. The molecule has 0 aromatic rings. The van der Waals surface area contributed by atoms with Crippen molar-refractivity contribution < 1.29 is 19.0 Å². The Morgan fingerprint density at radius 1 is 1.57 bits per heavy atom. The van der Waals surface area contributed by atoms with Crippen LogP contribution in [0.15, 0.2) is 0 Å². The van der Waals surface area contributed by atoms with E-state index in [0.717, 1.165) is 25.9 Å². The van der Waals surface area contributed by atoms with Crippen molar-refractivity contribution in [1.29, 1.82) is 0 Å². The molecule has 4 heteroatoms. The van der Waals surface area contributed by atoms with E-state index < -0.39 is 0 Å². The molecule has 1 fully saturated rings. The first-order valence-electron chi connectivity index (χ1n) is 5.09. The Balaban J connectivity index is 1.86. The summed E-state index contributed by atoms with van der Waals surface area (Å²) in [6.45, 7) is 2.12. The lowest BCUT2D eigenvalue weighted by Gasteiger charge is -2.09. The second-order valence-electron chi connectivity index (χ2n) is 3.39. The number of hydrogen-bond donors (Lipinski definition) is 0. The van der Waals surface area contributed by atoms with Gasteiger partial charge in [-0.3, -0.25) is 4.79 Å². The molecule has 0 radical (unpaired) electrons. The molecule has 1 saturated heterocycles. The van der Waals surface area contributed by atoms with Gasteiger partial charge in [0.2, 0.25) is 0 Å². The fraction of sp³-hybridized carbons (Fsp3) is 0.900. The molecule has 14 heavy (non-hydrogen) atoms. The monoisotopic (exact) mass is 202 g/mol. The van der Waals surface area contributed by atoms with Crippen molar-refractivity contribution in [2.75, 3.05) is 26.9 Å². The summed E-state index contributed by atoms with van der Waals surface area (Å²) in [6.07, 6.45) is 3.65. The van der Waals surface area contributed by atoms with Crippen LogP contribution < -0.4 is 0 Å². The highest BCUT2D eigenvalue weighted by Crippen LogP contribution is 2.11. The number of rotatable bonds is 6. The van der Waals surface area contributed by atoms with E-state index in [1.54, 1.807) is 0 Å². The smallest absolute Gasteiger partial charge is 0.305 e. The van der Waals surface area contributed by atoms with Crippen molar-refractivity contribution >= 4 is 5.97 Å². The third-order valence-electron chi connectivity index (χ3n) is 2.22. The minimum atomic E-state index is -0.175. The van der Waals surface area contributed by atoms with Crippen LogP contribution in [0, 0.1) is 0 Å². The van der Waals surface area contributed by atoms with Gasteiger partial charge in [-0.1, -0.05) is 0 Å². The van der Waals surface area contributed by atoms with E-state index in [1.165, 1.54) is 7.11 Å². The van der Waals surface area contributed by atoms with Gasteiger partial charge >= 0.3 is 5.97 Å². The molecule has 1 atom stereocenters. The average Bonchev–Trinajstić information content (AvgIpc) is 2.69. The highest BCUT2D eigenvalue weighted by atomic mass is 16.5. The van der Waals surface area contributed by atoms with E-state index in [4.69, 9.17) is 9.47 Å². The highest BCUT2D eigenvalue weighted by molar-refractivity contribution is 5.68. The van der Waals surface area contributed by atoms with Crippen LogP contribution in [0.25, 0.3) is 0 Å². The zero-order valence-corrected chi connectivity index (χ0v) is 8.66. The summed E-state index contributed by atoms with van der Waals surface area (Å²) in [5, 5.41) is 0. The van der Waals surface area contributed by atoms with Crippen molar-refractivity contribution in [3.05, 3.63) is 0 Å². The molecule has 0 amide bonds. The van der Waals surface area contributed by atoms with Gasteiger partial charge in [0.05, 0.1) is 19.8 Å². The molecule has 1 aliphatic heterocycles. The molecule has 82 valence electrons. The van der Waals surface area contributed by atoms with Gasteiger partial charge in [0.15, 0.2) is 0 Å². The predicted molar refractivity (Wildman–Crippen MR) is 51.0 cm³/mol. The molecule has 0 aromatic carbocycles. The number of methoxy groups -OCH3 is 1. The minimum absolute atomic E-state index is 0.175. The summed E-state index contributed by atoms with van der Waals surface area (Å²) in [5.41, 5.74) is 0. The first kappa shape index (κ1) is 11.5. The molecular formula is C10H18O4. The molecule has 0 aliphatic carbocycles. The van der Waals surface area contributed by atoms with Gasteiger partial charge in [-0.25, -0.2) is 0 Å². The van der Waals surface area contributed by atoms with Gasteiger partial charge < -0.3 is 14.2 Å². The fourth-order valence-corrected chi connectivity index (χ4v) is 1.41. The first-order valence-corrected chi connectivity index (χ1v) is 5.09. The lowest BCUT2D eigenvalue weighted by atomic mass is 10.2. The SMILES string of the molecule is COC(=O)CCCOCC1CCCO1. The standard InChI is InChI=1S/C10H18O4/c1-12-10(11)5-3-6-13-8-9-4-2-7-14-9/h9H,2-8H2,1H3. The Morgan fingerprint density at radius 2 is 2.43 bits per heavy atom. The number of hydrogen-bond acceptors (Lipinski definition) is 4. The minimum Gasteiger partial charge on any atom is -0.469 e. The lowest BCUT2D eigenvalue weighted by Crippen LogP contribution is -2.15. The molecule has 0 aromatic heterocycles. The first-order chi connectivity index (χ1) is 6.83. The average molecular weight is 202 g/mol. The highest BCUT2D eigenvalue weighted by Gasteiger charge is 2.14. The van der Waals surface area contributed by atoms with Crippen LogP contribution in [0.5, 0.6) is 0 Å². The Kier molecular flexibility index (Phi) is 5.56. The largest absolute Gasteiger partial charge is 0.469 e. The molecule has 1 aliphatic rings. The molecule has 4 nitrogen and oxygen atoms in total. The van der Waals surface area contributed by atoms with E-state index >= 15 is 0 Å². The Morgan fingerprint density at radius 3 is 3.07 bits per heavy atom. The number of carbonyl (C=O) groups excluding carboxylic acids is 1. The van der Waals surface area contributed by atoms with E-state index in [0.29, 0.717) is 19.6 Å². The van der Waals surface area contributed by atoms with E-state index in [1.807, 2.05) is 0 Å².